The highest BCUT2D eigenvalue weighted by Gasteiger charge is 2.20. The van der Waals surface area contributed by atoms with Gasteiger partial charge >= 0.3 is 0 Å². The third-order valence-corrected chi connectivity index (χ3v) is 4.75. The third-order valence-electron chi connectivity index (χ3n) is 4.75. The van der Waals surface area contributed by atoms with Gasteiger partial charge in [-0.05, 0) is 24.3 Å². The molecule has 2 aromatic heterocycles. The van der Waals surface area contributed by atoms with Crippen LogP contribution in [0.15, 0.2) is 48.8 Å². The third kappa shape index (κ3) is 3.34. The number of rotatable bonds is 4. The minimum absolute atomic E-state index is 0.247. The van der Waals surface area contributed by atoms with Crippen molar-refractivity contribution < 1.29 is 9.47 Å². The van der Waals surface area contributed by atoms with E-state index in [1.807, 2.05) is 42.6 Å². The molecule has 0 unspecified atom stereocenters. The normalized spacial score (nSPS) is 15.6. The molecule has 1 fully saturated rings. The molecule has 3 aromatic rings. The zero-order valence-electron chi connectivity index (χ0n) is 15.2. The molecular weight excluding hydrogens is 358 g/mol. The van der Waals surface area contributed by atoms with Gasteiger partial charge in [0.25, 0.3) is 0 Å². The maximum Gasteiger partial charge on any atom is 0.249 e. The summed E-state index contributed by atoms with van der Waals surface area (Å²) in [6.45, 7) is 3.70. The van der Waals surface area contributed by atoms with E-state index in [-0.39, 0.29) is 6.79 Å². The van der Waals surface area contributed by atoms with Crippen LogP contribution < -0.4 is 24.6 Å². The predicted molar refractivity (Wildman–Crippen MR) is 104 cm³/mol. The zero-order chi connectivity index (χ0) is 18.8. The van der Waals surface area contributed by atoms with E-state index in [2.05, 4.69) is 35.3 Å². The Balaban J connectivity index is 1.26. The van der Waals surface area contributed by atoms with Crippen LogP contribution in [0.4, 0.5) is 23.3 Å². The number of anilines is 4. The van der Waals surface area contributed by atoms with Gasteiger partial charge in [0.15, 0.2) is 17.3 Å². The quantitative estimate of drug-likeness (QED) is 0.734. The highest BCUT2D eigenvalue weighted by atomic mass is 16.7. The topological polar surface area (TPSA) is 88.5 Å². The van der Waals surface area contributed by atoms with Crippen LogP contribution in [-0.4, -0.2) is 53.1 Å². The van der Waals surface area contributed by atoms with Gasteiger partial charge in [-0.25, -0.2) is 4.98 Å². The van der Waals surface area contributed by atoms with Crippen molar-refractivity contribution in [1.82, 2.24) is 20.2 Å². The van der Waals surface area contributed by atoms with Gasteiger partial charge in [0.05, 0.1) is 6.20 Å². The van der Waals surface area contributed by atoms with Crippen LogP contribution >= 0.6 is 0 Å². The standard InChI is InChI=1S/C19H19N7O2/c1-2-6-20-17(3-1)25-7-9-26(10-8-25)18-12-21-24-19(23-18)22-14-4-5-15-16(11-14)28-13-27-15/h1-6,11-12H,7-10,13H2,(H,22,23,24). The first-order valence-electron chi connectivity index (χ1n) is 9.12. The van der Waals surface area contributed by atoms with Crippen LogP contribution in [0, 0.1) is 0 Å². The average molecular weight is 377 g/mol. The number of piperazine rings is 1. The Bertz CT molecular complexity index is 962. The van der Waals surface area contributed by atoms with Crippen LogP contribution in [0.25, 0.3) is 0 Å². The molecule has 28 heavy (non-hydrogen) atoms. The lowest BCUT2D eigenvalue weighted by Crippen LogP contribution is -2.47. The molecule has 1 aromatic carbocycles. The van der Waals surface area contributed by atoms with Crippen LogP contribution in [0.3, 0.4) is 0 Å². The fourth-order valence-corrected chi connectivity index (χ4v) is 3.31. The molecule has 0 bridgehead atoms. The Kier molecular flexibility index (Phi) is 4.24. The Morgan fingerprint density at radius 1 is 0.893 bits per heavy atom. The summed E-state index contributed by atoms with van der Waals surface area (Å²) in [6.07, 6.45) is 3.52. The summed E-state index contributed by atoms with van der Waals surface area (Å²) in [5, 5.41) is 11.4. The second kappa shape index (κ2) is 7.18. The van der Waals surface area contributed by atoms with Crippen molar-refractivity contribution in [2.45, 2.75) is 0 Å². The second-order valence-electron chi connectivity index (χ2n) is 6.49. The predicted octanol–water partition coefficient (Wildman–Crippen LogP) is 2.07. The number of hydrogen-bond donors (Lipinski definition) is 1. The Labute approximate surface area is 162 Å². The molecule has 2 aliphatic rings. The monoisotopic (exact) mass is 377 g/mol. The van der Waals surface area contributed by atoms with E-state index < -0.39 is 0 Å². The lowest BCUT2D eigenvalue weighted by atomic mass is 10.3. The van der Waals surface area contributed by atoms with E-state index in [1.165, 1.54) is 0 Å². The molecule has 4 heterocycles. The fourth-order valence-electron chi connectivity index (χ4n) is 3.31. The van der Waals surface area contributed by atoms with Crippen molar-refractivity contribution in [3.63, 3.8) is 0 Å². The summed E-state index contributed by atoms with van der Waals surface area (Å²) in [7, 11) is 0. The minimum atomic E-state index is 0.247. The fraction of sp³-hybridized carbons (Fsp3) is 0.263. The summed E-state index contributed by atoms with van der Waals surface area (Å²) >= 11 is 0. The van der Waals surface area contributed by atoms with Crippen molar-refractivity contribution in [2.24, 2.45) is 0 Å². The molecule has 0 saturated carbocycles. The van der Waals surface area contributed by atoms with Crippen LogP contribution in [-0.2, 0) is 0 Å². The van der Waals surface area contributed by atoms with Crippen LogP contribution in [0.1, 0.15) is 0 Å². The highest BCUT2D eigenvalue weighted by molar-refractivity contribution is 5.60. The first kappa shape index (κ1) is 16.5. The Morgan fingerprint density at radius 3 is 2.54 bits per heavy atom. The number of nitrogens with one attached hydrogen (secondary N) is 1. The van der Waals surface area contributed by atoms with Crippen LogP contribution in [0.2, 0.25) is 0 Å². The van der Waals surface area contributed by atoms with Gasteiger partial charge in [0.2, 0.25) is 12.7 Å². The van der Waals surface area contributed by atoms with E-state index in [0.717, 1.165) is 49.3 Å². The van der Waals surface area contributed by atoms with E-state index in [9.17, 15) is 0 Å². The van der Waals surface area contributed by atoms with Crippen molar-refractivity contribution >= 4 is 23.3 Å². The maximum absolute atomic E-state index is 5.41. The second-order valence-corrected chi connectivity index (χ2v) is 6.49. The van der Waals surface area contributed by atoms with Crippen molar-refractivity contribution in [1.29, 1.82) is 0 Å². The van der Waals surface area contributed by atoms with Gasteiger partial charge in [0, 0.05) is 44.1 Å². The number of hydrogen-bond acceptors (Lipinski definition) is 9. The zero-order valence-corrected chi connectivity index (χ0v) is 15.2. The van der Waals surface area contributed by atoms with Gasteiger partial charge in [-0.1, -0.05) is 6.07 Å². The summed E-state index contributed by atoms with van der Waals surface area (Å²) in [6, 6.07) is 11.6. The van der Waals surface area contributed by atoms with Crippen LogP contribution in [0.5, 0.6) is 11.5 Å². The largest absolute Gasteiger partial charge is 0.454 e. The molecule has 9 nitrogen and oxygen atoms in total. The highest BCUT2D eigenvalue weighted by Crippen LogP contribution is 2.34. The van der Waals surface area contributed by atoms with Crippen molar-refractivity contribution in [3.05, 3.63) is 48.8 Å². The van der Waals surface area contributed by atoms with Gasteiger partial charge in [0.1, 0.15) is 5.82 Å². The van der Waals surface area contributed by atoms with E-state index >= 15 is 0 Å². The van der Waals surface area contributed by atoms with Gasteiger partial charge in [-0.15, -0.1) is 5.10 Å². The molecular formula is C19H19N7O2. The van der Waals surface area contributed by atoms with E-state index in [4.69, 9.17) is 9.47 Å². The summed E-state index contributed by atoms with van der Waals surface area (Å²) < 4.78 is 10.7. The average Bonchev–Trinajstić information content (AvgIpc) is 3.23. The minimum Gasteiger partial charge on any atom is -0.454 e. The molecule has 9 heteroatoms. The summed E-state index contributed by atoms with van der Waals surface area (Å²) in [5.41, 5.74) is 0.822. The smallest absolute Gasteiger partial charge is 0.249 e. The molecule has 0 amide bonds. The molecule has 1 saturated heterocycles. The van der Waals surface area contributed by atoms with Gasteiger partial charge in [-0.2, -0.15) is 10.1 Å². The number of benzene rings is 1. The Hall–Kier alpha value is -3.62. The lowest BCUT2D eigenvalue weighted by Gasteiger charge is -2.35. The maximum atomic E-state index is 5.41. The van der Waals surface area contributed by atoms with Gasteiger partial charge < -0.3 is 24.6 Å². The first-order valence-corrected chi connectivity index (χ1v) is 9.12. The number of fused-ring (bicyclic) bond motifs is 1. The van der Waals surface area contributed by atoms with Crippen molar-refractivity contribution in [3.8, 4) is 11.5 Å². The van der Waals surface area contributed by atoms with E-state index in [0.29, 0.717) is 11.7 Å². The number of pyridine rings is 1. The lowest BCUT2D eigenvalue weighted by molar-refractivity contribution is 0.174. The van der Waals surface area contributed by atoms with Gasteiger partial charge in [-0.3, -0.25) is 0 Å². The molecule has 0 atom stereocenters. The molecule has 0 spiro atoms. The number of ether oxygens (including phenoxy) is 2. The molecule has 5 rings (SSSR count). The first-order chi connectivity index (χ1) is 13.8. The SMILES string of the molecule is c1ccc(N2CCN(c3cnnc(Nc4ccc5c(c4)OCO5)n3)CC2)nc1. The summed E-state index contributed by atoms with van der Waals surface area (Å²) in [4.78, 5) is 13.5. The Morgan fingerprint density at radius 2 is 1.71 bits per heavy atom. The molecule has 2 aliphatic heterocycles. The molecule has 142 valence electrons. The summed E-state index contributed by atoms with van der Waals surface area (Å²) in [5.74, 6) is 3.71. The number of aromatic nitrogens is 4. The molecule has 0 radical (unpaired) electrons. The molecule has 1 N–H and O–H groups in total. The van der Waals surface area contributed by atoms with E-state index in [1.54, 1.807) is 6.20 Å². The molecule has 0 aliphatic carbocycles. The number of nitrogens with zero attached hydrogens (tertiary/aromatic N) is 6. The van der Waals surface area contributed by atoms with Crippen molar-refractivity contribution in [2.75, 3.05) is 48.1 Å².